The Morgan fingerprint density at radius 3 is 2.69 bits per heavy atom. The van der Waals surface area contributed by atoms with Gasteiger partial charge in [-0.25, -0.2) is 0 Å². The van der Waals surface area contributed by atoms with E-state index in [1.165, 1.54) is 6.07 Å². The Kier molecular flexibility index (Phi) is 7.39. The first-order chi connectivity index (χ1) is 11.9. The molecule has 0 radical (unpaired) electrons. The van der Waals surface area contributed by atoms with Crippen molar-refractivity contribution in [1.29, 1.82) is 0 Å². The van der Waals surface area contributed by atoms with Crippen LogP contribution in [0.5, 0.6) is 5.75 Å². The summed E-state index contributed by atoms with van der Waals surface area (Å²) < 4.78 is 47.8. The number of para-hydroxylation sites is 1. The third kappa shape index (κ3) is 5.63. The minimum atomic E-state index is -4.36. The van der Waals surface area contributed by atoms with Gasteiger partial charge in [-0.15, -0.1) is 24.0 Å². The van der Waals surface area contributed by atoms with Crippen LogP contribution in [0.2, 0.25) is 0 Å². The van der Waals surface area contributed by atoms with Gasteiger partial charge < -0.3 is 20.1 Å². The first kappa shape index (κ1) is 21.1. The van der Waals surface area contributed by atoms with Gasteiger partial charge in [-0.2, -0.15) is 13.2 Å². The Morgan fingerprint density at radius 1 is 1.31 bits per heavy atom. The normalized spacial score (nSPS) is 24.9. The first-order valence-corrected chi connectivity index (χ1v) is 8.34. The highest BCUT2D eigenvalue weighted by Crippen LogP contribution is 2.34. The highest BCUT2D eigenvalue weighted by Gasteiger charge is 2.41. The molecule has 3 atom stereocenters. The second-order valence-electron chi connectivity index (χ2n) is 6.30. The lowest BCUT2D eigenvalue weighted by molar-refractivity contribution is -0.153. The molecular weight excluding hydrogens is 462 g/mol. The molecule has 2 fully saturated rings. The van der Waals surface area contributed by atoms with E-state index < -0.39 is 12.8 Å². The first-order valence-electron chi connectivity index (χ1n) is 8.34. The SMILES string of the molecule is CN=C(NCc1ccccc1OCC(F)(F)F)NC1CC2CCC1O2.I. The number of hydrogen-bond donors (Lipinski definition) is 2. The molecule has 2 aliphatic heterocycles. The van der Waals surface area contributed by atoms with Crippen LogP contribution in [0.4, 0.5) is 13.2 Å². The lowest BCUT2D eigenvalue weighted by Crippen LogP contribution is -2.47. The summed E-state index contributed by atoms with van der Waals surface area (Å²) in [5.74, 6) is 0.817. The monoisotopic (exact) mass is 485 g/mol. The fourth-order valence-electron chi connectivity index (χ4n) is 3.29. The number of fused-ring (bicyclic) bond motifs is 2. The minimum absolute atomic E-state index is 0. The zero-order valence-corrected chi connectivity index (χ0v) is 16.7. The maximum Gasteiger partial charge on any atom is 0.422 e. The largest absolute Gasteiger partial charge is 0.484 e. The summed E-state index contributed by atoms with van der Waals surface area (Å²) in [6, 6.07) is 6.89. The molecule has 2 bridgehead atoms. The van der Waals surface area contributed by atoms with Gasteiger partial charge in [0.15, 0.2) is 12.6 Å². The van der Waals surface area contributed by atoms with E-state index in [-0.39, 0.29) is 41.9 Å². The van der Waals surface area contributed by atoms with Crippen molar-refractivity contribution in [3.8, 4) is 5.75 Å². The number of guanidine groups is 1. The molecule has 146 valence electrons. The van der Waals surface area contributed by atoms with Crippen molar-refractivity contribution in [2.45, 2.75) is 50.2 Å². The van der Waals surface area contributed by atoms with Gasteiger partial charge in [0.2, 0.25) is 0 Å². The third-order valence-electron chi connectivity index (χ3n) is 4.46. The number of alkyl halides is 3. The van der Waals surface area contributed by atoms with Crippen molar-refractivity contribution in [2.75, 3.05) is 13.7 Å². The van der Waals surface area contributed by atoms with Crippen molar-refractivity contribution in [3.05, 3.63) is 29.8 Å². The van der Waals surface area contributed by atoms with Crippen LogP contribution < -0.4 is 15.4 Å². The number of halogens is 4. The summed E-state index contributed by atoms with van der Waals surface area (Å²) in [5.41, 5.74) is 0.638. The Labute approximate surface area is 167 Å². The molecule has 1 aromatic carbocycles. The molecule has 0 saturated carbocycles. The molecule has 1 aromatic rings. The topological polar surface area (TPSA) is 54.9 Å². The van der Waals surface area contributed by atoms with Gasteiger partial charge in [-0.1, -0.05) is 18.2 Å². The summed E-state index contributed by atoms with van der Waals surface area (Å²) >= 11 is 0. The number of benzene rings is 1. The summed E-state index contributed by atoms with van der Waals surface area (Å²) in [6.07, 6.45) is -0.703. The van der Waals surface area contributed by atoms with Crippen LogP contribution in [0.1, 0.15) is 24.8 Å². The second-order valence-corrected chi connectivity index (χ2v) is 6.30. The molecule has 3 rings (SSSR count). The van der Waals surface area contributed by atoms with E-state index in [1.807, 2.05) is 0 Å². The molecule has 9 heteroatoms. The number of hydrogen-bond acceptors (Lipinski definition) is 3. The highest BCUT2D eigenvalue weighted by atomic mass is 127. The molecule has 0 amide bonds. The molecule has 0 aromatic heterocycles. The number of ether oxygens (including phenoxy) is 2. The fraction of sp³-hybridized carbons (Fsp3) is 0.588. The fourth-order valence-corrected chi connectivity index (χ4v) is 3.29. The third-order valence-corrected chi connectivity index (χ3v) is 4.46. The van der Waals surface area contributed by atoms with Crippen LogP contribution in [-0.2, 0) is 11.3 Å². The van der Waals surface area contributed by atoms with E-state index in [0.717, 1.165) is 19.3 Å². The van der Waals surface area contributed by atoms with Crippen molar-refractivity contribution in [3.63, 3.8) is 0 Å². The predicted octanol–water partition coefficient (Wildman–Crippen LogP) is 3.23. The van der Waals surface area contributed by atoms with Gasteiger partial charge in [-0.05, 0) is 25.3 Å². The lowest BCUT2D eigenvalue weighted by Gasteiger charge is -2.23. The smallest absolute Gasteiger partial charge is 0.422 e. The zero-order chi connectivity index (χ0) is 17.9. The quantitative estimate of drug-likeness (QED) is 0.382. The Balaban J connectivity index is 0.00000243. The van der Waals surface area contributed by atoms with Crippen molar-refractivity contribution >= 4 is 29.9 Å². The van der Waals surface area contributed by atoms with Gasteiger partial charge in [0, 0.05) is 19.2 Å². The van der Waals surface area contributed by atoms with Crippen LogP contribution in [0.25, 0.3) is 0 Å². The van der Waals surface area contributed by atoms with Gasteiger partial charge in [0.25, 0.3) is 0 Å². The lowest BCUT2D eigenvalue weighted by atomic mass is 9.96. The number of rotatable bonds is 5. The molecule has 2 saturated heterocycles. The molecular formula is C17H23F3IN3O2. The Hall–Kier alpha value is -1.23. The highest BCUT2D eigenvalue weighted by molar-refractivity contribution is 14.0. The second kappa shape index (κ2) is 9.12. The Bertz CT molecular complexity index is 628. The van der Waals surface area contributed by atoms with Crippen molar-refractivity contribution in [1.82, 2.24) is 10.6 Å². The predicted molar refractivity (Wildman–Crippen MR) is 103 cm³/mol. The average molecular weight is 485 g/mol. The molecule has 5 nitrogen and oxygen atoms in total. The summed E-state index contributed by atoms with van der Waals surface area (Å²) in [7, 11) is 1.66. The van der Waals surface area contributed by atoms with Gasteiger partial charge in [-0.3, -0.25) is 4.99 Å². The van der Waals surface area contributed by atoms with Crippen LogP contribution in [0.15, 0.2) is 29.3 Å². The molecule has 26 heavy (non-hydrogen) atoms. The number of nitrogens with one attached hydrogen (secondary N) is 2. The van der Waals surface area contributed by atoms with Gasteiger partial charge >= 0.3 is 6.18 Å². The Morgan fingerprint density at radius 2 is 2.08 bits per heavy atom. The van der Waals surface area contributed by atoms with E-state index in [2.05, 4.69) is 15.6 Å². The van der Waals surface area contributed by atoms with Crippen LogP contribution in [0.3, 0.4) is 0 Å². The van der Waals surface area contributed by atoms with E-state index in [0.29, 0.717) is 24.2 Å². The van der Waals surface area contributed by atoms with Crippen molar-refractivity contribution in [2.24, 2.45) is 4.99 Å². The average Bonchev–Trinajstić information content (AvgIpc) is 3.19. The number of nitrogens with zero attached hydrogens (tertiary/aromatic N) is 1. The zero-order valence-electron chi connectivity index (χ0n) is 14.4. The van der Waals surface area contributed by atoms with E-state index in [9.17, 15) is 13.2 Å². The van der Waals surface area contributed by atoms with Crippen LogP contribution >= 0.6 is 24.0 Å². The molecule has 3 unspecified atom stereocenters. The molecule has 2 N–H and O–H groups in total. The molecule has 2 heterocycles. The number of aliphatic imine (C=N–C) groups is 1. The minimum Gasteiger partial charge on any atom is -0.484 e. The van der Waals surface area contributed by atoms with Crippen LogP contribution in [0, 0.1) is 0 Å². The van der Waals surface area contributed by atoms with Crippen molar-refractivity contribution < 1.29 is 22.6 Å². The maximum absolute atomic E-state index is 12.4. The van der Waals surface area contributed by atoms with E-state index >= 15 is 0 Å². The summed E-state index contributed by atoms with van der Waals surface area (Å²) in [5, 5.41) is 6.47. The summed E-state index contributed by atoms with van der Waals surface area (Å²) in [6.45, 7) is -0.991. The van der Waals surface area contributed by atoms with E-state index in [4.69, 9.17) is 9.47 Å². The van der Waals surface area contributed by atoms with E-state index in [1.54, 1.807) is 25.2 Å². The maximum atomic E-state index is 12.4. The molecule has 0 aliphatic carbocycles. The van der Waals surface area contributed by atoms with Gasteiger partial charge in [0.05, 0.1) is 18.2 Å². The van der Waals surface area contributed by atoms with Gasteiger partial charge in [0.1, 0.15) is 5.75 Å². The molecule has 0 spiro atoms. The van der Waals surface area contributed by atoms with Crippen LogP contribution in [-0.4, -0.2) is 44.0 Å². The summed E-state index contributed by atoms with van der Waals surface area (Å²) in [4.78, 5) is 4.18. The molecule has 2 aliphatic rings. The standard InChI is InChI=1S/C17H22F3N3O2.HI/c1-21-16(23-13-8-12-6-7-15(13)25-12)22-9-11-4-2-3-5-14(11)24-10-17(18,19)20;/h2-5,12-13,15H,6-10H2,1H3,(H2,21,22,23);1H.